The van der Waals surface area contributed by atoms with Crippen LogP contribution >= 0.6 is 23.1 Å². The summed E-state index contributed by atoms with van der Waals surface area (Å²) >= 11 is 2.82. The summed E-state index contributed by atoms with van der Waals surface area (Å²) in [5.41, 5.74) is 3.39. The van der Waals surface area contributed by atoms with Crippen LogP contribution in [0.4, 0.5) is 10.8 Å². The molecular formula is C16H22N4O2S2. The van der Waals surface area contributed by atoms with Crippen LogP contribution in [0.25, 0.3) is 0 Å². The fraction of sp³-hybridized carbons (Fsp3) is 0.438. The molecule has 2 aromatic rings. The second kappa shape index (κ2) is 9.00. The fourth-order valence-corrected chi connectivity index (χ4v) is 3.70. The van der Waals surface area contributed by atoms with Crippen LogP contribution in [0.5, 0.6) is 0 Å². The van der Waals surface area contributed by atoms with Crippen LogP contribution < -0.4 is 10.6 Å². The van der Waals surface area contributed by atoms with Gasteiger partial charge in [0, 0.05) is 18.8 Å². The average Bonchev–Trinajstić information content (AvgIpc) is 2.96. The predicted molar refractivity (Wildman–Crippen MR) is 99.3 cm³/mol. The Bertz CT molecular complexity index is 690. The Morgan fingerprint density at radius 1 is 1.38 bits per heavy atom. The number of amides is 1. The minimum Gasteiger partial charge on any atom is -0.383 e. The van der Waals surface area contributed by atoms with Crippen LogP contribution in [-0.4, -0.2) is 41.6 Å². The highest BCUT2D eigenvalue weighted by Gasteiger charge is 2.11. The molecule has 1 aromatic carbocycles. The molecule has 1 atom stereocenters. The van der Waals surface area contributed by atoms with Crippen molar-refractivity contribution in [2.45, 2.75) is 31.2 Å². The fourth-order valence-electron chi connectivity index (χ4n) is 2.12. The number of hydrogen-bond donors (Lipinski definition) is 2. The Hall–Kier alpha value is -1.64. The Balaban J connectivity index is 1.85. The Morgan fingerprint density at radius 2 is 2.17 bits per heavy atom. The predicted octanol–water partition coefficient (Wildman–Crippen LogP) is 3.14. The third-order valence-corrected chi connectivity index (χ3v) is 5.15. The summed E-state index contributed by atoms with van der Waals surface area (Å²) in [6.45, 7) is 6.52. The van der Waals surface area contributed by atoms with E-state index in [0.717, 1.165) is 20.7 Å². The molecule has 24 heavy (non-hydrogen) atoms. The van der Waals surface area contributed by atoms with Crippen molar-refractivity contribution < 1.29 is 9.53 Å². The van der Waals surface area contributed by atoms with Crippen molar-refractivity contribution in [2.75, 3.05) is 24.8 Å². The van der Waals surface area contributed by atoms with E-state index in [9.17, 15) is 4.79 Å². The van der Waals surface area contributed by atoms with Gasteiger partial charge in [-0.2, -0.15) is 0 Å². The number of ether oxygens (including phenoxy) is 1. The smallest absolute Gasteiger partial charge is 0.230 e. The lowest BCUT2D eigenvalue weighted by molar-refractivity contribution is -0.119. The van der Waals surface area contributed by atoms with E-state index in [2.05, 4.69) is 46.8 Å². The third-order valence-electron chi connectivity index (χ3n) is 3.18. The molecule has 130 valence electrons. The number of nitrogens with one attached hydrogen (secondary N) is 2. The SMILES string of the molecule is COCC(C)NC(=O)CSc1nnc(Nc2ccc(C)cc2C)s1. The lowest BCUT2D eigenvalue weighted by Crippen LogP contribution is -2.36. The van der Waals surface area contributed by atoms with Gasteiger partial charge in [0.25, 0.3) is 0 Å². The highest BCUT2D eigenvalue weighted by atomic mass is 32.2. The standard InChI is InChI=1S/C16H22N4O2S2/c1-10-5-6-13(11(2)7-10)18-15-19-20-16(24-15)23-9-14(21)17-12(3)8-22-4/h5-7,12H,8-9H2,1-4H3,(H,17,21)(H,18,19). The summed E-state index contributed by atoms with van der Waals surface area (Å²) in [4.78, 5) is 11.8. The molecule has 0 aliphatic rings. The number of anilines is 2. The molecule has 0 saturated carbocycles. The van der Waals surface area contributed by atoms with Gasteiger partial charge in [-0.25, -0.2) is 0 Å². The van der Waals surface area contributed by atoms with Crippen molar-refractivity contribution in [1.82, 2.24) is 15.5 Å². The number of carbonyl (C=O) groups excluding carboxylic acids is 1. The first-order chi connectivity index (χ1) is 11.5. The molecule has 0 bridgehead atoms. The summed E-state index contributed by atoms with van der Waals surface area (Å²) in [7, 11) is 1.61. The molecule has 1 heterocycles. The molecule has 0 saturated heterocycles. The topological polar surface area (TPSA) is 76.1 Å². The van der Waals surface area contributed by atoms with Crippen molar-refractivity contribution in [2.24, 2.45) is 0 Å². The molecule has 0 spiro atoms. The number of carbonyl (C=O) groups is 1. The van der Waals surface area contributed by atoms with Gasteiger partial charge in [-0.1, -0.05) is 40.8 Å². The van der Waals surface area contributed by atoms with E-state index in [0.29, 0.717) is 12.4 Å². The first kappa shape index (κ1) is 18.7. The zero-order valence-electron chi connectivity index (χ0n) is 14.3. The minimum absolute atomic E-state index is 0.000685. The number of nitrogens with zero attached hydrogens (tertiary/aromatic N) is 2. The van der Waals surface area contributed by atoms with Crippen LogP contribution in [0.2, 0.25) is 0 Å². The van der Waals surface area contributed by atoms with Crippen molar-refractivity contribution >= 4 is 39.8 Å². The van der Waals surface area contributed by atoms with Crippen LogP contribution in [0.15, 0.2) is 22.5 Å². The maximum Gasteiger partial charge on any atom is 0.230 e. The maximum absolute atomic E-state index is 11.8. The summed E-state index contributed by atoms with van der Waals surface area (Å²) < 4.78 is 5.76. The zero-order chi connectivity index (χ0) is 17.5. The molecule has 2 N–H and O–H groups in total. The van der Waals surface area contributed by atoms with Crippen LogP contribution in [0, 0.1) is 13.8 Å². The van der Waals surface area contributed by atoms with Gasteiger partial charge in [-0.15, -0.1) is 10.2 Å². The van der Waals surface area contributed by atoms with E-state index in [1.165, 1.54) is 28.7 Å². The van der Waals surface area contributed by atoms with Gasteiger partial charge < -0.3 is 15.4 Å². The van der Waals surface area contributed by atoms with Gasteiger partial charge >= 0.3 is 0 Å². The second-order valence-corrected chi connectivity index (χ2v) is 7.73. The number of hydrogen-bond acceptors (Lipinski definition) is 7. The normalized spacial score (nSPS) is 12.0. The molecule has 6 nitrogen and oxygen atoms in total. The molecule has 1 unspecified atom stereocenters. The average molecular weight is 367 g/mol. The van der Waals surface area contributed by atoms with Crippen molar-refractivity contribution in [3.8, 4) is 0 Å². The van der Waals surface area contributed by atoms with E-state index >= 15 is 0 Å². The van der Waals surface area contributed by atoms with Gasteiger partial charge in [0.1, 0.15) is 0 Å². The number of aromatic nitrogens is 2. The lowest BCUT2D eigenvalue weighted by atomic mass is 10.1. The van der Waals surface area contributed by atoms with Crippen molar-refractivity contribution in [1.29, 1.82) is 0 Å². The van der Waals surface area contributed by atoms with Crippen LogP contribution in [-0.2, 0) is 9.53 Å². The lowest BCUT2D eigenvalue weighted by Gasteiger charge is -2.11. The Kier molecular flexibility index (Phi) is 7.01. The molecule has 1 aromatic heterocycles. The quantitative estimate of drug-likeness (QED) is 0.699. The van der Waals surface area contributed by atoms with E-state index in [1.807, 2.05) is 13.0 Å². The van der Waals surface area contributed by atoms with Gasteiger partial charge in [0.2, 0.25) is 11.0 Å². The molecule has 8 heteroatoms. The first-order valence-electron chi connectivity index (χ1n) is 7.57. The molecule has 0 fully saturated rings. The van der Waals surface area contributed by atoms with E-state index in [1.54, 1.807) is 7.11 Å². The molecule has 2 rings (SSSR count). The van der Waals surface area contributed by atoms with E-state index < -0.39 is 0 Å². The number of benzene rings is 1. The summed E-state index contributed by atoms with van der Waals surface area (Å²) in [6.07, 6.45) is 0. The van der Waals surface area contributed by atoms with Crippen LogP contribution in [0.1, 0.15) is 18.1 Å². The highest BCUT2D eigenvalue weighted by molar-refractivity contribution is 8.01. The van der Waals surface area contributed by atoms with Gasteiger partial charge in [-0.3, -0.25) is 4.79 Å². The van der Waals surface area contributed by atoms with Crippen molar-refractivity contribution in [3.63, 3.8) is 0 Å². The number of methoxy groups -OCH3 is 1. The molecule has 0 aliphatic heterocycles. The van der Waals surface area contributed by atoms with E-state index in [4.69, 9.17) is 4.74 Å². The van der Waals surface area contributed by atoms with Crippen LogP contribution in [0.3, 0.4) is 0 Å². The van der Waals surface area contributed by atoms with Gasteiger partial charge in [0.15, 0.2) is 4.34 Å². The maximum atomic E-state index is 11.8. The molecule has 0 aliphatic carbocycles. The Morgan fingerprint density at radius 3 is 2.88 bits per heavy atom. The minimum atomic E-state index is -0.0383. The zero-order valence-corrected chi connectivity index (χ0v) is 15.9. The first-order valence-corrected chi connectivity index (χ1v) is 9.37. The third kappa shape index (κ3) is 5.77. The monoisotopic (exact) mass is 366 g/mol. The van der Waals surface area contributed by atoms with E-state index in [-0.39, 0.29) is 11.9 Å². The molecular weight excluding hydrogens is 344 g/mol. The molecule has 0 radical (unpaired) electrons. The molecule has 1 amide bonds. The summed E-state index contributed by atoms with van der Waals surface area (Å²) in [5, 5.41) is 15.1. The largest absolute Gasteiger partial charge is 0.383 e. The van der Waals surface area contributed by atoms with Gasteiger partial charge in [0.05, 0.1) is 12.4 Å². The summed E-state index contributed by atoms with van der Waals surface area (Å²) in [5.74, 6) is 0.273. The van der Waals surface area contributed by atoms with Gasteiger partial charge in [-0.05, 0) is 32.4 Å². The number of thioether (sulfide) groups is 1. The number of aryl methyl sites for hydroxylation is 2. The number of rotatable bonds is 8. The van der Waals surface area contributed by atoms with Crippen molar-refractivity contribution in [3.05, 3.63) is 29.3 Å². The summed E-state index contributed by atoms with van der Waals surface area (Å²) in [6, 6.07) is 6.20. The highest BCUT2D eigenvalue weighted by Crippen LogP contribution is 2.28. The Labute approximate surface area is 150 Å². The second-order valence-electron chi connectivity index (χ2n) is 5.53.